The summed E-state index contributed by atoms with van der Waals surface area (Å²) in [5.41, 5.74) is 1.98. The number of carbonyl (C=O) groups is 1. The number of nitrogens with zero attached hydrogens (tertiary/aromatic N) is 3. The average molecular weight is 338 g/mol. The topological polar surface area (TPSA) is 97.1 Å². The molecule has 1 atom stereocenters. The van der Waals surface area contributed by atoms with E-state index >= 15 is 0 Å². The molecule has 1 amide bonds. The van der Waals surface area contributed by atoms with Crippen LogP contribution >= 0.6 is 0 Å². The molecule has 1 heterocycles. The van der Waals surface area contributed by atoms with Gasteiger partial charge in [0.2, 0.25) is 5.91 Å². The van der Waals surface area contributed by atoms with E-state index in [2.05, 4.69) is 15.6 Å². The maximum Gasteiger partial charge on any atom is 0.278 e. The molecule has 0 radical (unpaired) electrons. The summed E-state index contributed by atoms with van der Waals surface area (Å²) in [4.78, 5) is 24.6. The molecule has 0 aliphatic heterocycles. The molecule has 0 bridgehead atoms. The second kappa shape index (κ2) is 7.23. The van der Waals surface area contributed by atoms with Crippen molar-refractivity contribution < 1.29 is 9.90 Å². The van der Waals surface area contributed by atoms with E-state index in [1.807, 2.05) is 31.2 Å². The van der Waals surface area contributed by atoms with E-state index in [-0.39, 0.29) is 18.7 Å². The SMILES string of the molecule is Cc1ccc([C@@H](CO)NC(=O)Cn2nnc3ccccc3c2=O)cc1. The minimum atomic E-state index is -0.544. The standard InChI is InChI=1S/C18H18N4O3/c1-12-6-8-13(9-7-12)16(11-23)19-17(24)10-22-18(25)14-4-2-3-5-15(14)20-21-22/h2-9,16,23H,10-11H2,1H3,(H,19,24)/t16-/m1/s1. The quantitative estimate of drug-likeness (QED) is 0.722. The number of aliphatic hydroxyl groups excluding tert-OH is 1. The molecule has 2 N–H and O–H groups in total. The minimum absolute atomic E-state index is 0.243. The highest BCUT2D eigenvalue weighted by Gasteiger charge is 2.15. The number of aryl methyl sites for hydroxylation is 1. The van der Waals surface area contributed by atoms with Crippen LogP contribution in [0.1, 0.15) is 17.2 Å². The highest BCUT2D eigenvalue weighted by atomic mass is 16.3. The van der Waals surface area contributed by atoms with Gasteiger partial charge >= 0.3 is 0 Å². The Labute approximate surface area is 143 Å². The molecule has 0 fully saturated rings. The zero-order chi connectivity index (χ0) is 17.8. The first kappa shape index (κ1) is 16.8. The van der Waals surface area contributed by atoms with Gasteiger partial charge in [-0.1, -0.05) is 47.2 Å². The highest BCUT2D eigenvalue weighted by Crippen LogP contribution is 2.13. The van der Waals surface area contributed by atoms with Crippen molar-refractivity contribution in [1.82, 2.24) is 20.3 Å². The number of amides is 1. The number of aromatic nitrogens is 3. The molecule has 7 heteroatoms. The van der Waals surface area contributed by atoms with Crippen LogP contribution in [0.15, 0.2) is 53.3 Å². The van der Waals surface area contributed by atoms with Gasteiger partial charge in [0.05, 0.1) is 18.0 Å². The van der Waals surface area contributed by atoms with Gasteiger partial charge in [-0.25, -0.2) is 4.68 Å². The fourth-order valence-corrected chi connectivity index (χ4v) is 2.54. The Hall–Kier alpha value is -3.06. The summed E-state index contributed by atoms with van der Waals surface area (Å²) in [5, 5.41) is 20.4. The summed E-state index contributed by atoms with van der Waals surface area (Å²) in [5.74, 6) is -0.425. The van der Waals surface area contributed by atoms with Gasteiger partial charge < -0.3 is 10.4 Å². The lowest BCUT2D eigenvalue weighted by atomic mass is 10.1. The summed E-state index contributed by atoms with van der Waals surface area (Å²) >= 11 is 0. The molecule has 3 aromatic rings. The Bertz CT molecular complexity index is 950. The van der Waals surface area contributed by atoms with Crippen LogP contribution in [0.2, 0.25) is 0 Å². The molecule has 0 aliphatic carbocycles. The summed E-state index contributed by atoms with van der Waals surface area (Å²) in [6, 6.07) is 13.8. The largest absolute Gasteiger partial charge is 0.394 e. The minimum Gasteiger partial charge on any atom is -0.394 e. The molecule has 0 aliphatic rings. The molecular formula is C18H18N4O3. The van der Waals surface area contributed by atoms with Gasteiger partial charge in [0.25, 0.3) is 5.56 Å². The molecule has 25 heavy (non-hydrogen) atoms. The smallest absolute Gasteiger partial charge is 0.278 e. The van der Waals surface area contributed by atoms with E-state index in [1.165, 1.54) is 0 Å². The monoisotopic (exact) mass is 338 g/mol. The average Bonchev–Trinajstić information content (AvgIpc) is 2.63. The van der Waals surface area contributed by atoms with Gasteiger partial charge in [0.1, 0.15) is 12.1 Å². The fourth-order valence-electron chi connectivity index (χ4n) is 2.54. The summed E-state index contributed by atoms with van der Waals surface area (Å²) in [6.45, 7) is 1.45. The second-order valence-corrected chi connectivity index (χ2v) is 5.78. The van der Waals surface area contributed by atoms with Gasteiger partial charge in [-0.05, 0) is 24.6 Å². The van der Waals surface area contributed by atoms with Crippen molar-refractivity contribution in [2.45, 2.75) is 19.5 Å². The third-order valence-electron chi connectivity index (χ3n) is 3.92. The predicted octanol–water partition coefficient (Wildman–Crippen LogP) is 0.950. The number of fused-ring (bicyclic) bond motifs is 1. The number of hydrogen-bond acceptors (Lipinski definition) is 5. The molecule has 0 saturated carbocycles. The van der Waals surface area contributed by atoms with Crippen LogP contribution in [-0.2, 0) is 11.3 Å². The van der Waals surface area contributed by atoms with Gasteiger partial charge in [-0.2, -0.15) is 0 Å². The normalized spacial score (nSPS) is 12.1. The molecule has 0 saturated heterocycles. The van der Waals surface area contributed by atoms with Crippen LogP contribution in [0, 0.1) is 6.92 Å². The Balaban J connectivity index is 1.76. The molecule has 3 rings (SSSR count). The number of nitrogens with one attached hydrogen (secondary N) is 1. The maximum absolute atomic E-state index is 12.4. The van der Waals surface area contributed by atoms with E-state index in [0.717, 1.165) is 15.8 Å². The van der Waals surface area contributed by atoms with Gasteiger partial charge in [-0.3, -0.25) is 9.59 Å². The molecule has 0 unspecified atom stereocenters. The third kappa shape index (κ3) is 3.72. The first-order valence-electron chi connectivity index (χ1n) is 7.88. The summed E-state index contributed by atoms with van der Waals surface area (Å²) in [6.07, 6.45) is 0. The van der Waals surface area contributed by atoms with E-state index in [0.29, 0.717) is 10.9 Å². The number of aliphatic hydroxyl groups is 1. The highest BCUT2D eigenvalue weighted by molar-refractivity contribution is 5.78. The second-order valence-electron chi connectivity index (χ2n) is 5.78. The Morgan fingerprint density at radius 3 is 2.64 bits per heavy atom. The molecular weight excluding hydrogens is 320 g/mol. The zero-order valence-corrected chi connectivity index (χ0v) is 13.7. The van der Waals surface area contributed by atoms with Gasteiger partial charge in [-0.15, -0.1) is 5.10 Å². The lowest BCUT2D eigenvalue weighted by molar-refractivity contribution is -0.123. The molecule has 7 nitrogen and oxygen atoms in total. The van der Waals surface area contributed by atoms with Crippen LogP contribution in [0.4, 0.5) is 0 Å². The molecule has 2 aromatic carbocycles. The fraction of sp³-hybridized carbons (Fsp3) is 0.222. The Kier molecular flexibility index (Phi) is 4.85. The Morgan fingerprint density at radius 2 is 1.92 bits per heavy atom. The van der Waals surface area contributed by atoms with Crippen LogP contribution in [0.5, 0.6) is 0 Å². The van der Waals surface area contributed by atoms with Crippen molar-refractivity contribution in [3.8, 4) is 0 Å². The zero-order valence-electron chi connectivity index (χ0n) is 13.7. The van der Waals surface area contributed by atoms with Crippen molar-refractivity contribution in [2.75, 3.05) is 6.61 Å². The molecule has 128 valence electrons. The van der Waals surface area contributed by atoms with Crippen molar-refractivity contribution in [2.24, 2.45) is 0 Å². The van der Waals surface area contributed by atoms with Gasteiger partial charge in [0, 0.05) is 0 Å². The van der Waals surface area contributed by atoms with Crippen molar-refractivity contribution in [3.63, 3.8) is 0 Å². The Morgan fingerprint density at radius 1 is 1.20 bits per heavy atom. The number of rotatable bonds is 5. The third-order valence-corrected chi connectivity index (χ3v) is 3.92. The van der Waals surface area contributed by atoms with Crippen LogP contribution in [0.25, 0.3) is 10.9 Å². The van der Waals surface area contributed by atoms with E-state index < -0.39 is 11.9 Å². The van der Waals surface area contributed by atoms with E-state index in [1.54, 1.807) is 24.3 Å². The number of carbonyl (C=O) groups excluding carboxylic acids is 1. The lowest BCUT2D eigenvalue weighted by Gasteiger charge is -2.17. The van der Waals surface area contributed by atoms with Crippen molar-refractivity contribution in [1.29, 1.82) is 0 Å². The lowest BCUT2D eigenvalue weighted by Crippen LogP contribution is -2.37. The number of hydrogen-bond donors (Lipinski definition) is 2. The van der Waals surface area contributed by atoms with E-state index in [9.17, 15) is 14.7 Å². The summed E-state index contributed by atoms with van der Waals surface area (Å²) in [7, 11) is 0. The molecule has 0 spiro atoms. The predicted molar refractivity (Wildman–Crippen MR) is 92.9 cm³/mol. The maximum atomic E-state index is 12.4. The first-order valence-corrected chi connectivity index (χ1v) is 7.88. The van der Waals surface area contributed by atoms with E-state index in [4.69, 9.17) is 0 Å². The summed E-state index contributed by atoms with van der Waals surface area (Å²) < 4.78 is 1.02. The van der Waals surface area contributed by atoms with Crippen molar-refractivity contribution >= 4 is 16.8 Å². The van der Waals surface area contributed by atoms with Crippen LogP contribution < -0.4 is 10.9 Å². The van der Waals surface area contributed by atoms with Crippen LogP contribution in [-0.4, -0.2) is 32.6 Å². The van der Waals surface area contributed by atoms with Crippen LogP contribution in [0.3, 0.4) is 0 Å². The first-order chi connectivity index (χ1) is 12.1. The van der Waals surface area contributed by atoms with Gasteiger partial charge in [0.15, 0.2) is 0 Å². The van der Waals surface area contributed by atoms with Crippen molar-refractivity contribution in [3.05, 3.63) is 70.0 Å². The number of benzene rings is 2. The molecule has 1 aromatic heterocycles.